The molecule has 0 aliphatic carbocycles. The standard InChI is InChI=1S/C29H33N5O10/c1-29(2,3)43-28(40)31-21(24(37)44-34-22(35)14-15-23(34)36)16-30-25(32-26(38)41-17-19-10-6-4-7-11-19)33-27(39)42-18-20-12-8-5-9-13-20/h4-13,21H,14-18H2,1-3H3,(H,31,40)(H2,30,32,33,38,39). The molecule has 0 aromatic heterocycles. The summed E-state index contributed by atoms with van der Waals surface area (Å²) >= 11 is 0. The van der Waals surface area contributed by atoms with Crippen molar-refractivity contribution in [3.63, 3.8) is 0 Å². The first-order chi connectivity index (χ1) is 20.9. The fraction of sp³-hybridized carbons (Fsp3) is 0.345. The van der Waals surface area contributed by atoms with Gasteiger partial charge in [0.25, 0.3) is 11.8 Å². The minimum atomic E-state index is -1.63. The van der Waals surface area contributed by atoms with E-state index < -0.39 is 60.2 Å². The fourth-order valence-corrected chi connectivity index (χ4v) is 3.45. The molecule has 0 radical (unpaired) electrons. The number of amides is 5. The zero-order valence-electron chi connectivity index (χ0n) is 24.4. The molecule has 5 amide bonds. The summed E-state index contributed by atoms with van der Waals surface area (Å²) in [5.74, 6) is -3.22. The number of ether oxygens (including phenoxy) is 3. The summed E-state index contributed by atoms with van der Waals surface area (Å²) in [5.41, 5.74) is 0.431. The van der Waals surface area contributed by atoms with Crippen LogP contribution in [0, 0.1) is 0 Å². The van der Waals surface area contributed by atoms with Crippen molar-refractivity contribution in [3.8, 4) is 0 Å². The minimum absolute atomic E-state index is 0.106. The summed E-state index contributed by atoms with van der Waals surface area (Å²) in [7, 11) is 0. The van der Waals surface area contributed by atoms with E-state index in [-0.39, 0.29) is 26.1 Å². The maximum absolute atomic E-state index is 12.9. The van der Waals surface area contributed by atoms with E-state index in [0.717, 1.165) is 0 Å². The Morgan fingerprint density at radius 2 is 1.27 bits per heavy atom. The van der Waals surface area contributed by atoms with Crippen molar-refractivity contribution in [2.45, 2.75) is 58.5 Å². The van der Waals surface area contributed by atoms with Crippen LogP contribution >= 0.6 is 0 Å². The number of hydrogen-bond acceptors (Lipinski definition) is 11. The third-order valence-corrected chi connectivity index (χ3v) is 5.46. The van der Waals surface area contributed by atoms with Crippen LogP contribution in [0.4, 0.5) is 14.4 Å². The normalized spacial score (nSPS) is 13.3. The van der Waals surface area contributed by atoms with Gasteiger partial charge in [-0.05, 0) is 31.9 Å². The van der Waals surface area contributed by atoms with Gasteiger partial charge in [-0.1, -0.05) is 60.7 Å². The summed E-state index contributed by atoms with van der Waals surface area (Å²) in [6, 6.07) is 15.9. The second kappa shape index (κ2) is 15.7. The van der Waals surface area contributed by atoms with Crippen LogP contribution in [0.25, 0.3) is 0 Å². The van der Waals surface area contributed by atoms with Crippen molar-refractivity contribution in [1.29, 1.82) is 0 Å². The molecule has 1 saturated heterocycles. The van der Waals surface area contributed by atoms with E-state index in [1.54, 1.807) is 81.4 Å². The molecular formula is C29H33N5O10. The summed E-state index contributed by atoms with van der Waals surface area (Å²) < 4.78 is 15.5. The van der Waals surface area contributed by atoms with Crippen LogP contribution in [0.1, 0.15) is 44.7 Å². The smallest absolute Gasteiger partial charge is 0.414 e. The highest BCUT2D eigenvalue weighted by molar-refractivity contribution is 6.02. The van der Waals surface area contributed by atoms with Crippen molar-refractivity contribution >= 4 is 42.0 Å². The number of alkyl carbamates (subject to hydrolysis) is 3. The Hall–Kier alpha value is -5.47. The number of rotatable bonds is 9. The molecule has 15 heteroatoms. The first kappa shape index (κ1) is 33.0. The van der Waals surface area contributed by atoms with E-state index in [9.17, 15) is 28.8 Å². The molecule has 1 atom stereocenters. The molecule has 15 nitrogen and oxygen atoms in total. The van der Waals surface area contributed by atoms with Gasteiger partial charge in [-0.15, -0.1) is 5.06 Å². The van der Waals surface area contributed by atoms with Crippen molar-refractivity contribution in [3.05, 3.63) is 71.8 Å². The Bertz CT molecular complexity index is 1300. The Labute approximate surface area is 252 Å². The number of carbonyl (C=O) groups is 6. The van der Waals surface area contributed by atoms with E-state index in [2.05, 4.69) is 20.9 Å². The van der Waals surface area contributed by atoms with E-state index in [1.165, 1.54) is 0 Å². The largest absolute Gasteiger partial charge is 0.444 e. The molecule has 44 heavy (non-hydrogen) atoms. The number of guanidine groups is 1. The van der Waals surface area contributed by atoms with E-state index in [4.69, 9.17) is 19.0 Å². The molecule has 0 bridgehead atoms. The van der Waals surface area contributed by atoms with E-state index >= 15 is 0 Å². The molecule has 0 saturated carbocycles. The topological polar surface area (TPSA) is 191 Å². The van der Waals surface area contributed by atoms with Crippen molar-refractivity contribution in [1.82, 2.24) is 21.0 Å². The molecule has 1 fully saturated rings. The maximum Gasteiger partial charge on any atom is 0.414 e. The summed E-state index contributed by atoms with van der Waals surface area (Å²) in [6.07, 6.45) is -3.36. The number of aliphatic imine (C=N–C) groups is 1. The van der Waals surface area contributed by atoms with Gasteiger partial charge in [0.2, 0.25) is 5.96 Å². The number of nitrogens with zero attached hydrogens (tertiary/aromatic N) is 2. The number of nitrogens with one attached hydrogen (secondary N) is 3. The molecule has 234 valence electrons. The van der Waals surface area contributed by atoms with Crippen molar-refractivity contribution in [2.24, 2.45) is 4.99 Å². The third kappa shape index (κ3) is 11.4. The quantitative estimate of drug-likeness (QED) is 0.164. The van der Waals surface area contributed by atoms with Crippen molar-refractivity contribution in [2.75, 3.05) is 6.54 Å². The summed E-state index contributed by atoms with van der Waals surface area (Å²) in [5, 5.41) is 7.06. The van der Waals surface area contributed by atoms with Gasteiger partial charge in [-0.25, -0.2) is 24.2 Å². The van der Waals surface area contributed by atoms with Gasteiger partial charge in [-0.3, -0.25) is 20.2 Å². The van der Waals surface area contributed by atoms with E-state index in [0.29, 0.717) is 16.2 Å². The lowest BCUT2D eigenvalue weighted by atomic mass is 10.2. The lowest BCUT2D eigenvalue weighted by Gasteiger charge is -2.23. The van der Waals surface area contributed by atoms with Crippen LogP contribution in [0.5, 0.6) is 0 Å². The number of hydrogen-bond donors (Lipinski definition) is 3. The number of hydroxylamine groups is 2. The lowest BCUT2D eigenvalue weighted by molar-refractivity contribution is -0.198. The molecule has 3 N–H and O–H groups in total. The molecule has 1 heterocycles. The van der Waals surface area contributed by atoms with Gasteiger partial charge >= 0.3 is 24.2 Å². The van der Waals surface area contributed by atoms with Gasteiger partial charge in [0.05, 0.1) is 6.54 Å². The van der Waals surface area contributed by atoms with Gasteiger partial charge in [0.1, 0.15) is 18.8 Å². The average molecular weight is 612 g/mol. The highest BCUT2D eigenvalue weighted by Crippen LogP contribution is 2.13. The van der Waals surface area contributed by atoms with Gasteiger partial charge in [0, 0.05) is 12.8 Å². The Kier molecular flexibility index (Phi) is 11.8. The zero-order valence-corrected chi connectivity index (χ0v) is 24.4. The van der Waals surface area contributed by atoms with E-state index in [1.807, 2.05) is 0 Å². The first-order valence-corrected chi connectivity index (χ1v) is 13.5. The predicted molar refractivity (Wildman–Crippen MR) is 152 cm³/mol. The average Bonchev–Trinajstić information content (AvgIpc) is 3.29. The van der Waals surface area contributed by atoms with Gasteiger partial charge in [-0.2, -0.15) is 0 Å². The Morgan fingerprint density at radius 3 is 1.73 bits per heavy atom. The zero-order chi connectivity index (χ0) is 32.1. The van der Waals surface area contributed by atoms with Crippen LogP contribution < -0.4 is 16.0 Å². The second-order valence-electron chi connectivity index (χ2n) is 10.3. The Balaban J connectivity index is 1.76. The predicted octanol–water partition coefficient (Wildman–Crippen LogP) is 2.70. The molecule has 2 aromatic rings. The highest BCUT2D eigenvalue weighted by Gasteiger charge is 2.36. The van der Waals surface area contributed by atoms with Crippen LogP contribution in [-0.2, 0) is 46.6 Å². The SMILES string of the molecule is CC(C)(C)OC(=O)NC(CN=C(NC(=O)OCc1ccccc1)NC(=O)OCc1ccccc1)C(=O)ON1C(=O)CCC1=O. The monoisotopic (exact) mass is 611 g/mol. The first-order valence-electron chi connectivity index (χ1n) is 13.5. The molecule has 3 rings (SSSR count). The molecule has 2 aromatic carbocycles. The minimum Gasteiger partial charge on any atom is -0.444 e. The second-order valence-corrected chi connectivity index (χ2v) is 10.3. The highest BCUT2D eigenvalue weighted by atomic mass is 16.7. The molecular weight excluding hydrogens is 578 g/mol. The molecule has 1 aliphatic rings. The Morgan fingerprint density at radius 1 is 0.795 bits per heavy atom. The summed E-state index contributed by atoms with van der Waals surface area (Å²) in [6.45, 7) is 3.91. The van der Waals surface area contributed by atoms with Gasteiger partial charge < -0.3 is 24.4 Å². The molecule has 1 aliphatic heterocycles. The number of benzene rings is 2. The summed E-state index contributed by atoms with van der Waals surface area (Å²) in [4.78, 5) is 83.3. The maximum atomic E-state index is 12.9. The van der Waals surface area contributed by atoms with Crippen LogP contribution in [-0.4, -0.2) is 65.3 Å². The van der Waals surface area contributed by atoms with Gasteiger partial charge in [0.15, 0.2) is 6.04 Å². The molecule has 0 spiro atoms. The molecule has 1 unspecified atom stereocenters. The van der Waals surface area contributed by atoms with Crippen LogP contribution in [0.2, 0.25) is 0 Å². The number of carbonyl (C=O) groups excluding carboxylic acids is 6. The fourth-order valence-electron chi connectivity index (χ4n) is 3.45. The lowest BCUT2D eigenvalue weighted by Crippen LogP contribution is -2.50. The van der Waals surface area contributed by atoms with Crippen molar-refractivity contribution < 1.29 is 47.8 Å². The van der Waals surface area contributed by atoms with Crippen LogP contribution in [0.15, 0.2) is 65.7 Å². The number of imide groups is 1. The third-order valence-electron chi connectivity index (χ3n) is 5.46. The van der Waals surface area contributed by atoms with Crippen LogP contribution in [0.3, 0.4) is 0 Å².